The normalized spacial score (nSPS) is 20.4. The van der Waals surface area contributed by atoms with Gasteiger partial charge in [0.25, 0.3) is 5.91 Å². The fourth-order valence-corrected chi connectivity index (χ4v) is 3.41. The summed E-state index contributed by atoms with van der Waals surface area (Å²) in [7, 11) is 1.51. The van der Waals surface area contributed by atoms with Gasteiger partial charge in [0.15, 0.2) is 5.54 Å². The van der Waals surface area contributed by atoms with E-state index in [2.05, 4.69) is 20.6 Å². The van der Waals surface area contributed by atoms with Crippen molar-refractivity contribution in [3.63, 3.8) is 0 Å². The molecule has 172 valence electrons. The predicted molar refractivity (Wildman–Crippen MR) is 110 cm³/mol. The second-order valence-corrected chi connectivity index (χ2v) is 8.30. The molecule has 0 aromatic carbocycles. The Hall–Kier alpha value is -3.21. The Labute approximate surface area is 182 Å². The van der Waals surface area contributed by atoms with E-state index < -0.39 is 28.9 Å². The van der Waals surface area contributed by atoms with E-state index in [4.69, 9.17) is 0 Å². The summed E-state index contributed by atoms with van der Waals surface area (Å²) in [5, 5.41) is 15.2. The van der Waals surface area contributed by atoms with Gasteiger partial charge in [-0.25, -0.2) is 9.98 Å². The van der Waals surface area contributed by atoms with Crippen molar-refractivity contribution in [1.82, 2.24) is 20.5 Å². The molecule has 1 aromatic rings. The first-order valence-electron chi connectivity index (χ1n) is 9.90. The number of halogens is 3. The summed E-state index contributed by atoms with van der Waals surface area (Å²) < 4.78 is 38.6. The molecule has 3 heterocycles. The molecular formula is C21H24F3N5O3. The topological polar surface area (TPSA) is 107 Å². The number of alkyl halides is 3. The maximum absolute atomic E-state index is 12.9. The highest BCUT2D eigenvalue weighted by Crippen LogP contribution is 2.32. The Bertz CT molecular complexity index is 1010. The molecule has 0 bridgehead atoms. The first-order valence-corrected chi connectivity index (χ1v) is 9.90. The fourth-order valence-electron chi connectivity index (χ4n) is 3.41. The van der Waals surface area contributed by atoms with Gasteiger partial charge in [0.1, 0.15) is 17.2 Å². The summed E-state index contributed by atoms with van der Waals surface area (Å²) in [6.45, 7) is 3.48. The Morgan fingerprint density at radius 2 is 1.97 bits per heavy atom. The molecule has 1 aromatic heterocycles. The largest absolute Gasteiger partial charge is 0.433 e. The molecule has 0 aliphatic carbocycles. The van der Waals surface area contributed by atoms with E-state index in [0.717, 1.165) is 12.1 Å². The Morgan fingerprint density at radius 1 is 1.25 bits per heavy atom. The van der Waals surface area contributed by atoms with Gasteiger partial charge in [0, 0.05) is 13.2 Å². The summed E-state index contributed by atoms with van der Waals surface area (Å²) >= 11 is 0. The average molecular weight is 451 g/mol. The van der Waals surface area contributed by atoms with Crippen LogP contribution in [0, 0.1) is 0 Å². The molecule has 2 aliphatic heterocycles. The number of fused-ring (bicyclic) bond motifs is 1. The number of hydrogen-bond donors (Lipinski definition) is 3. The SMILES string of the molecule is CNC(=O)C1(CCC(C)(C)O)CN2C=C(NC(=O)c3cccc(C(F)(F)F)n3)C=CC2=N1. The van der Waals surface area contributed by atoms with E-state index >= 15 is 0 Å². The zero-order valence-corrected chi connectivity index (χ0v) is 17.8. The number of nitrogens with one attached hydrogen (secondary N) is 2. The number of aromatic nitrogens is 1. The lowest BCUT2D eigenvalue weighted by Crippen LogP contribution is -2.48. The summed E-state index contributed by atoms with van der Waals surface area (Å²) in [5.41, 5.74) is -3.32. The van der Waals surface area contributed by atoms with Crippen LogP contribution in [0.5, 0.6) is 0 Å². The van der Waals surface area contributed by atoms with Crippen molar-refractivity contribution in [2.45, 2.75) is 44.0 Å². The number of aliphatic hydroxyl groups is 1. The summed E-state index contributed by atoms with van der Waals surface area (Å²) in [4.78, 5) is 34.7. The van der Waals surface area contributed by atoms with Gasteiger partial charge < -0.3 is 20.6 Å². The molecular weight excluding hydrogens is 427 g/mol. The third-order valence-electron chi connectivity index (χ3n) is 5.09. The van der Waals surface area contributed by atoms with Crippen molar-refractivity contribution < 1.29 is 27.9 Å². The van der Waals surface area contributed by atoms with E-state index in [1.165, 1.54) is 19.2 Å². The van der Waals surface area contributed by atoms with Crippen LogP contribution in [0.15, 0.2) is 47.2 Å². The van der Waals surface area contributed by atoms with Gasteiger partial charge in [-0.15, -0.1) is 0 Å². The molecule has 11 heteroatoms. The first-order chi connectivity index (χ1) is 14.8. The summed E-state index contributed by atoms with van der Waals surface area (Å²) in [5.74, 6) is -0.602. The molecule has 0 spiro atoms. The van der Waals surface area contributed by atoms with E-state index in [0.29, 0.717) is 24.4 Å². The molecule has 0 fully saturated rings. The number of likely N-dealkylation sites (N-methyl/N-ethyl adjacent to an activating group) is 1. The van der Waals surface area contributed by atoms with Crippen LogP contribution in [-0.2, 0) is 11.0 Å². The Balaban J connectivity index is 1.77. The highest BCUT2D eigenvalue weighted by molar-refractivity contribution is 6.02. The van der Waals surface area contributed by atoms with Crippen LogP contribution < -0.4 is 10.6 Å². The number of aliphatic imine (C=N–C) groups is 1. The molecule has 2 amide bonds. The minimum Gasteiger partial charge on any atom is -0.390 e. The molecule has 3 N–H and O–H groups in total. The predicted octanol–water partition coefficient (Wildman–Crippen LogP) is 1.99. The number of amidine groups is 1. The fraction of sp³-hybridized carbons (Fsp3) is 0.429. The quantitative estimate of drug-likeness (QED) is 0.613. The van der Waals surface area contributed by atoms with Crippen molar-refractivity contribution in [2.75, 3.05) is 13.6 Å². The average Bonchev–Trinajstić information content (AvgIpc) is 3.10. The number of carbonyl (C=O) groups is 2. The molecule has 0 saturated heterocycles. The van der Waals surface area contributed by atoms with Crippen LogP contribution in [0.4, 0.5) is 13.2 Å². The van der Waals surface area contributed by atoms with Gasteiger partial charge >= 0.3 is 6.18 Å². The van der Waals surface area contributed by atoms with Gasteiger partial charge in [-0.05, 0) is 51.0 Å². The number of pyridine rings is 1. The van der Waals surface area contributed by atoms with E-state index in [-0.39, 0.29) is 18.1 Å². The van der Waals surface area contributed by atoms with Gasteiger partial charge in [0.2, 0.25) is 5.91 Å². The lowest BCUT2D eigenvalue weighted by molar-refractivity contribution is -0.141. The Kier molecular flexibility index (Phi) is 6.14. The van der Waals surface area contributed by atoms with Crippen LogP contribution >= 0.6 is 0 Å². The Morgan fingerprint density at radius 3 is 2.59 bits per heavy atom. The highest BCUT2D eigenvalue weighted by atomic mass is 19.4. The molecule has 8 nitrogen and oxygen atoms in total. The second-order valence-electron chi connectivity index (χ2n) is 8.30. The van der Waals surface area contributed by atoms with Crippen molar-refractivity contribution in [3.8, 4) is 0 Å². The number of hydrogen-bond acceptors (Lipinski definition) is 6. The molecule has 2 aliphatic rings. The van der Waals surface area contributed by atoms with Crippen LogP contribution in [0.2, 0.25) is 0 Å². The smallest absolute Gasteiger partial charge is 0.390 e. The minimum absolute atomic E-state index is 0.184. The van der Waals surface area contributed by atoms with Crippen LogP contribution in [0.3, 0.4) is 0 Å². The maximum Gasteiger partial charge on any atom is 0.433 e. The number of allylic oxidation sites excluding steroid dienone is 1. The van der Waals surface area contributed by atoms with E-state index in [9.17, 15) is 27.9 Å². The van der Waals surface area contributed by atoms with E-state index in [1.54, 1.807) is 31.0 Å². The number of rotatable bonds is 6. The maximum atomic E-state index is 12.9. The molecule has 3 rings (SSSR count). The van der Waals surface area contributed by atoms with Gasteiger partial charge in [-0.2, -0.15) is 13.2 Å². The van der Waals surface area contributed by atoms with Crippen molar-refractivity contribution >= 4 is 17.6 Å². The molecule has 1 unspecified atom stereocenters. The zero-order valence-electron chi connectivity index (χ0n) is 17.8. The van der Waals surface area contributed by atoms with Crippen molar-refractivity contribution in [3.05, 3.63) is 53.6 Å². The molecule has 0 saturated carbocycles. The summed E-state index contributed by atoms with van der Waals surface area (Å²) in [6.07, 6.45) is 0.671. The number of carbonyl (C=O) groups excluding carboxylic acids is 2. The number of nitrogens with zero attached hydrogens (tertiary/aromatic N) is 3. The monoisotopic (exact) mass is 451 g/mol. The van der Waals surface area contributed by atoms with Crippen molar-refractivity contribution in [1.29, 1.82) is 0 Å². The summed E-state index contributed by atoms with van der Waals surface area (Å²) in [6, 6.07) is 3.09. The van der Waals surface area contributed by atoms with Crippen LogP contribution in [-0.4, -0.2) is 57.4 Å². The van der Waals surface area contributed by atoms with Crippen LogP contribution in [0.25, 0.3) is 0 Å². The minimum atomic E-state index is -4.66. The van der Waals surface area contributed by atoms with Gasteiger partial charge in [-0.3, -0.25) is 9.59 Å². The first kappa shape index (κ1) is 23.5. The van der Waals surface area contributed by atoms with Crippen molar-refractivity contribution in [2.24, 2.45) is 4.99 Å². The van der Waals surface area contributed by atoms with E-state index in [1.807, 2.05) is 0 Å². The highest BCUT2D eigenvalue weighted by Gasteiger charge is 2.45. The molecule has 1 atom stereocenters. The van der Waals surface area contributed by atoms with Crippen LogP contribution in [0.1, 0.15) is 42.9 Å². The van der Waals surface area contributed by atoms with Gasteiger partial charge in [-0.1, -0.05) is 6.07 Å². The third-order valence-corrected chi connectivity index (χ3v) is 5.09. The standard InChI is InChI=1S/C21H24F3N5O3/c1-19(2,32)9-10-20(18(31)25-3)12-29-11-13(7-8-16(29)28-20)26-17(30)14-5-4-6-15(27-14)21(22,23)24/h4-8,11,32H,9-10,12H2,1-3H3,(H,25,31)(H,26,30). The molecule has 32 heavy (non-hydrogen) atoms. The lowest BCUT2D eigenvalue weighted by Gasteiger charge is -2.28. The van der Waals surface area contributed by atoms with Gasteiger partial charge in [0.05, 0.1) is 17.8 Å². The molecule has 0 radical (unpaired) electrons. The third kappa shape index (κ3) is 5.16. The second kappa shape index (κ2) is 8.38. The lowest BCUT2D eigenvalue weighted by atomic mass is 9.88. The number of amides is 2. The zero-order chi connectivity index (χ0) is 23.7.